The Labute approximate surface area is 118 Å². The van der Waals surface area contributed by atoms with E-state index in [1.54, 1.807) is 31.2 Å². The lowest BCUT2D eigenvalue weighted by molar-refractivity contribution is 0.602. The topological polar surface area (TPSA) is 70.9 Å². The van der Waals surface area contributed by atoms with Crippen molar-refractivity contribution in [3.05, 3.63) is 54.6 Å². The van der Waals surface area contributed by atoms with Crippen LogP contribution in [-0.2, 0) is 10.0 Å². The molecule has 0 amide bonds. The Balaban J connectivity index is 2.07. The maximum atomic E-state index is 11.4. The normalized spacial score (nSPS) is 11.7. The van der Waals surface area contributed by atoms with Gasteiger partial charge in [-0.15, -0.1) is 0 Å². The molecular weight excluding hydrogens is 274 g/mol. The molecule has 0 saturated carbocycles. The lowest BCUT2D eigenvalue weighted by Crippen LogP contribution is -2.14. The molecule has 2 aromatic rings. The molecule has 20 heavy (non-hydrogen) atoms. The van der Waals surface area contributed by atoms with Crippen LogP contribution in [0.3, 0.4) is 0 Å². The van der Waals surface area contributed by atoms with E-state index in [2.05, 4.69) is 15.0 Å². The number of sulfonamides is 1. The number of hydrogen-bond acceptors (Lipinski definition) is 4. The number of rotatable bonds is 5. The van der Waals surface area contributed by atoms with Gasteiger partial charge in [0, 0.05) is 5.69 Å². The molecule has 104 valence electrons. The first-order valence-electron chi connectivity index (χ1n) is 6.16. The second kappa shape index (κ2) is 6.29. The minimum atomic E-state index is -3.24. The Morgan fingerprint density at radius 1 is 0.900 bits per heavy atom. The molecule has 0 unspecified atom stereocenters. The number of azo groups is 1. The van der Waals surface area contributed by atoms with Crippen LogP contribution < -0.4 is 4.72 Å². The summed E-state index contributed by atoms with van der Waals surface area (Å²) in [6.07, 6.45) is 0. The van der Waals surface area contributed by atoms with Crippen molar-refractivity contribution in [1.82, 2.24) is 0 Å². The van der Waals surface area contributed by atoms with Crippen molar-refractivity contribution in [2.24, 2.45) is 10.2 Å². The maximum Gasteiger partial charge on any atom is 0.232 e. The highest BCUT2D eigenvalue weighted by Crippen LogP contribution is 2.20. The van der Waals surface area contributed by atoms with Gasteiger partial charge in [-0.1, -0.05) is 18.2 Å². The van der Waals surface area contributed by atoms with Crippen molar-refractivity contribution < 1.29 is 8.42 Å². The lowest BCUT2D eigenvalue weighted by Gasteiger charge is -2.05. The van der Waals surface area contributed by atoms with Crippen LogP contribution in [0.1, 0.15) is 6.92 Å². The van der Waals surface area contributed by atoms with Crippen molar-refractivity contribution in [3.8, 4) is 0 Å². The highest BCUT2D eigenvalue weighted by molar-refractivity contribution is 7.92. The van der Waals surface area contributed by atoms with Gasteiger partial charge in [0.1, 0.15) is 0 Å². The minimum Gasteiger partial charge on any atom is -0.284 e. The molecule has 0 radical (unpaired) electrons. The van der Waals surface area contributed by atoms with E-state index in [4.69, 9.17) is 0 Å². The van der Waals surface area contributed by atoms with Gasteiger partial charge >= 0.3 is 0 Å². The summed E-state index contributed by atoms with van der Waals surface area (Å²) in [6.45, 7) is 1.59. The van der Waals surface area contributed by atoms with Crippen LogP contribution in [0.15, 0.2) is 64.8 Å². The highest BCUT2D eigenvalue weighted by atomic mass is 32.2. The molecular formula is C14H15N3O2S. The molecule has 0 aliphatic rings. The van der Waals surface area contributed by atoms with Gasteiger partial charge < -0.3 is 0 Å². The van der Waals surface area contributed by atoms with Crippen molar-refractivity contribution in [1.29, 1.82) is 0 Å². The van der Waals surface area contributed by atoms with E-state index >= 15 is 0 Å². The molecule has 1 N–H and O–H groups in total. The molecule has 0 aliphatic carbocycles. The van der Waals surface area contributed by atoms with E-state index in [9.17, 15) is 8.42 Å². The predicted molar refractivity (Wildman–Crippen MR) is 80.1 cm³/mol. The number of nitrogens with one attached hydrogen (secondary N) is 1. The molecule has 0 bridgehead atoms. The molecule has 0 atom stereocenters. The van der Waals surface area contributed by atoms with E-state index in [1.165, 1.54) is 0 Å². The van der Waals surface area contributed by atoms with Crippen molar-refractivity contribution in [3.63, 3.8) is 0 Å². The second-order valence-electron chi connectivity index (χ2n) is 4.09. The Kier molecular flexibility index (Phi) is 4.47. The Morgan fingerprint density at radius 2 is 1.45 bits per heavy atom. The van der Waals surface area contributed by atoms with Gasteiger partial charge in [-0.3, -0.25) is 4.72 Å². The SMILES string of the molecule is CCS(=O)(=O)Nc1ccc(N=Nc2ccccc2)cc1. The van der Waals surface area contributed by atoms with Crippen LogP contribution in [0.2, 0.25) is 0 Å². The molecule has 0 fully saturated rings. The van der Waals surface area contributed by atoms with Gasteiger partial charge in [0.05, 0.1) is 17.1 Å². The zero-order valence-electron chi connectivity index (χ0n) is 11.0. The molecule has 0 aliphatic heterocycles. The van der Waals surface area contributed by atoms with Gasteiger partial charge in [-0.25, -0.2) is 8.42 Å². The van der Waals surface area contributed by atoms with Crippen LogP contribution >= 0.6 is 0 Å². The fourth-order valence-corrected chi connectivity index (χ4v) is 2.10. The van der Waals surface area contributed by atoms with E-state index in [0.29, 0.717) is 11.4 Å². The van der Waals surface area contributed by atoms with E-state index in [0.717, 1.165) is 5.69 Å². The van der Waals surface area contributed by atoms with Crippen molar-refractivity contribution in [2.75, 3.05) is 10.5 Å². The molecule has 0 aromatic heterocycles. The summed E-state index contributed by atoms with van der Waals surface area (Å²) in [5.74, 6) is 0.0441. The van der Waals surface area contributed by atoms with Gasteiger partial charge in [-0.2, -0.15) is 10.2 Å². The van der Waals surface area contributed by atoms with Crippen molar-refractivity contribution in [2.45, 2.75) is 6.92 Å². The Hall–Kier alpha value is -2.21. The van der Waals surface area contributed by atoms with Crippen LogP contribution in [0, 0.1) is 0 Å². The third-order valence-electron chi connectivity index (χ3n) is 2.56. The van der Waals surface area contributed by atoms with E-state index in [1.807, 2.05) is 30.3 Å². The molecule has 6 heteroatoms. The van der Waals surface area contributed by atoms with Gasteiger partial charge in [0.25, 0.3) is 0 Å². The first-order valence-corrected chi connectivity index (χ1v) is 7.81. The largest absolute Gasteiger partial charge is 0.284 e. The van der Waals surface area contributed by atoms with Crippen LogP contribution in [0.4, 0.5) is 17.1 Å². The van der Waals surface area contributed by atoms with Crippen molar-refractivity contribution >= 4 is 27.1 Å². The first kappa shape index (κ1) is 14.2. The smallest absolute Gasteiger partial charge is 0.232 e. The summed E-state index contributed by atoms with van der Waals surface area (Å²) in [5, 5.41) is 8.17. The maximum absolute atomic E-state index is 11.4. The predicted octanol–water partition coefficient (Wildman–Crippen LogP) is 3.86. The quantitative estimate of drug-likeness (QED) is 0.849. The standard InChI is InChI=1S/C14H15N3O2S/c1-2-20(18,19)17-14-10-8-13(9-11-14)16-15-12-6-4-3-5-7-12/h3-11,17H,2H2,1H3. The lowest BCUT2D eigenvalue weighted by atomic mass is 10.3. The zero-order chi connectivity index (χ0) is 14.4. The van der Waals surface area contributed by atoms with Crippen LogP contribution in [0.5, 0.6) is 0 Å². The monoisotopic (exact) mass is 289 g/mol. The molecule has 0 spiro atoms. The summed E-state index contributed by atoms with van der Waals surface area (Å²) in [4.78, 5) is 0. The average molecular weight is 289 g/mol. The summed E-state index contributed by atoms with van der Waals surface area (Å²) >= 11 is 0. The fraction of sp³-hybridized carbons (Fsp3) is 0.143. The number of anilines is 1. The molecule has 5 nitrogen and oxygen atoms in total. The third kappa shape index (κ3) is 4.17. The number of hydrogen-bond donors (Lipinski definition) is 1. The van der Waals surface area contributed by atoms with Gasteiger partial charge in [-0.05, 0) is 43.3 Å². The summed E-state index contributed by atoms with van der Waals surface area (Å²) in [5.41, 5.74) is 1.95. The average Bonchev–Trinajstić information content (AvgIpc) is 2.47. The van der Waals surface area contributed by atoms with E-state index < -0.39 is 10.0 Å². The van der Waals surface area contributed by atoms with Crippen LogP contribution in [0.25, 0.3) is 0 Å². The first-order chi connectivity index (χ1) is 9.59. The number of nitrogens with zero attached hydrogens (tertiary/aromatic N) is 2. The Bertz CT molecular complexity index is 680. The molecule has 0 heterocycles. The molecule has 2 rings (SSSR count). The minimum absolute atomic E-state index is 0.0441. The second-order valence-corrected chi connectivity index (χ2v) is 6.10. The van der Waals surface area contributed by atoms with Gasteiger partial charge in [0.2, 0.25) is 10.0 Å². The van der Waals surface area contributed by atoms with Gasteiger partial charge in [0.15, 0.2) is 0 Å². The van der Waals surface area contributed by atoms with Crippen LogP contribution in [-0.4, -0.2) is 14.2 Å². The zero-order valence-corrected chi connectivity index (χ0v) is 11.8. The summed E-state index contributed by atoms with van der Waals surface area (Å²) in [7, 11) is -3.24. The molecule has 0 saturated heterocycles. The third-order valence-corrected chi connectivity index (χ3v) is 3.86. The molecule has 2 aromatic carbocycles. The van der Waals surface area contributed by atoms with E-state index in [-0.39, 0.29) is 5.75 Å². The highest BCUT2D eigenvalue weighted by Gasteiger charge is 2.05. The summed E-state index contributed by atoms with van der Waals surface area (Å²) in [6, 6.07) is 16.1. The summed E-state index contributed by atoms with van der Waals surface area (Å²) < 4.78 is 25.3. The fourth-order valence-electron chi connectivity index (χ4n) is 1.46. The Morgan fingerprint density at radius 3 is 2.00 bits per heavy atom. The number of benzene rings is 2.